The maximum atomic E-state index is 11.9. The van der Waals surface area contributed by atoms with Gasteiger partial charge < -0.3 is 5.32 Å². The minimum atomic E-state index is 0.0449. The Balaban J connectivity index is 1.91. The molecule has 1 fully saturated rings. The van der Waals surface area contributed by atoms with Crippen LogP contribution < -0.4 is 5.32 Å². The molecule has 4 heteroatoms. The van der Waals surface area contributed by atoms with Crippen LogP contribution in [0.1, 0.15) is 24.3 Å². The average Bonchev–Trinajstić information content (AvgIpc) is 2.95. The van der Waals surface area contributed by atoms with E-state index in [2.05, 4.69) is 5.32 Å². The fourth-order valence-electron chi connectivity index (χ4n) is 2.58. The monoisotopic (exact) mass is 305 g/mol. The van der Waals surface area contributed by atoms with Crippen LogP contribution in [-0.4, -0.2) is 5.91 Å². The molecule has 1 atom stereocenters. The first-order chi connectivity index (χ1) is 9.63. The van der Waals surface area contributed by atoms with Crippen molar-refractivity contribution in [2.24, 2.45) is 0 Å². The third kappa shape index (κ3) is 2.67. The molecule has 1 aliphatic carbocycles. The average molecular weight is 306 g/mol. The molecule has 1 amide bonds. The predicted molar refractivity (Wildman–Crippen MR) is 81.9 cm³/mol. The summed E-state index contributed by atoms with van der Waals surface area (Å²) in [4.78, 5) is 11.9. The number of hydrogen-bond donors (Lipinski definition) is 1. The van der Waals surface area contributed by atoms with E-state index in [1.807, 2.05) is 36.4 Å². The van der Waals surface area contributed by atoms with Crippen molar-refractivity contribution >= 4 is 29.1 Å². The summed E-state index contributed by atoms with van der Waals surface area (Å²) in [7, 11) is 0. The van der Waals surface area contributed by atoms with Crippen LogP contribution >= 0.6 is 23.2 Å². The van der Waals surface area contributed by atoms with Gasteiger partial charge >= 0.3 is 0 Å². The maximum absolute atomic E-state index is 11.9. The fourth-order valence-corrected chi connectivity index (χ4v) is 2.89. The number of nitrogens with one attached hydrogen (secondary N) is 1. The van der Waals surface area contributed by atoms with Gasteiger partial charge in [-0.3, -0.25) is 4.79 Å². The maximum Gasteiger partial charge on any atom is 0.224 e. The highest BCUT2D eigenvalue weighted by Gasteiger charge is 2.25. The first-order valence-corrected chi connectivity index (χ1v) is 7.22. The second-order valence-electron chi connectivity index (χ2n) is 4.98. The molecule has 1 aliphatic heterocycles. The molecule has 0 radical (unpaired) electrons. The fraction of sp³-hybridized carbons (Fsp3) is 0.188. The number of amides is 1. The molecule has 0 saturated carbocycles. The van der Waals surface area contributed by atoms with Crippen molar-refractivity contribution < 1.29 is 4.79 Å². The normalized spacial score (nSPS) is 21.5. The minimum absolute atomic E-state index is 0.0449. The zero-order valence-corrected chi connectivity index (χ0v) is 12.2. The Morgan fingerprint density at radius 3 is 2.50 bits per heavy atom. The molecule has 102 valence electrons. The van der Waals surface area contributed by atoms with Crippen molar-refractivity contribution in [1.82, 2.24) is 5.32 Å². The standard InChI is InChI=1S/C16H13Cl2NO/c17-13-6-5-11(7-14(13)18)12-8-15(19-16(20)9-12)10-3-1-2-4-10/h1-7,12H,8-9H2,(H,19,20). The van der Waals surface area contributed by atoms with E-state index >= 15 is 0 Å². The van der Waals surface area contributed by atoms with Crippen LogP contribution in [-0.2, 0) is 4.79 Å². The van der Waals surface area contributed by atoms with Crippen molar-refractivity contribution in [1.29, 1.82) is 0 Å². The molecular formula is C16H13Cl2NO. The second kappa shape index (κ2) is 5.47. The van der Waals surface area contributed by atoms with Crippen LogP contribution in [0.15, 0.2) is 53.8 Å². The summed E-state index contributed by atoms with van der Waals surface area (Å²) in [6.45, 7) is 0. The van der Waals surface area contributed by atoms with Crippen LogP contribution in [0.4, 0.5) is 0 Å². The Morgan fingerprint density at radius 2 is 1.80 bits per heavy atom. The zero-order valence-electron chi connectivity index (χ0n) is 10.7. The lowest BCUT2D eigenvalue weighted by molar-refractivity contribution is -0.121. The molecule has 1 aromatic carbocycles. The van der Waals surface area contributed by atoms with Crippen LogP contribution in [0.3, 0.4) is 0 Å². The van der Waals surface area contributed by atoms with Gasteiger partial charge in [-0.1, -0.05) is 53.6 Å². The van der Waals surface area contributed by atoms with Gasteiger partial charge in [-0.2, -0.15) is 0 Å². The molecular weight excluding hydrogens is 293 g/mol. The van der Waals surface area contributed by atoms with Crippen molar-refractivity contribution in [3.05, 3.63) is 69.4 Å². The second-order valence-corrected chi connectivity index (χ2v) is 5.79. The van der Waals surface area contributed by atoms with Crippen LogP contribution in [0, 0.1) is 0 Å². The van der Waals surface area contributed by atoms with Crippen LogP contribution in [0.5, 0.6) is 0 Å². The molecule has 2 nitrogen and oxygen atoms in total. The largest absolute Gasteiger partial charge is 0.329 e. The van der Waals surface area contributed by atoms with Gasteiger partial charge in [0.15, 0.2) is 0 Å². The molecule has 0 aromatic heterocycles. The minimum Gasteiger partial charge on any atom is -0.329 e. The molecule has 1 N–H and O–H groups in total. The number of halogens is 2. The number of rotatable bonds is 1. The molecule has 0 spiro atoms. The van der Waals surface area contributed by atoms with Gasteiger partial charge in [-0.05, 0) is 35.6 Å². The lowest BCUT2D eigenvalue weighted by Gasteiger charge is -2.26. The van der Waals surface area contributed by atoms with Crippen molar-refractivity contribution in [3.8, 4) is 0 Å². The SMILES string of the molecule is O=C1CC(c2ccc(Cl)c(Cl)c2)CC(=C2C=CC=C2)N1. The Morgan fingerprint density at radius 1 is 1.05 bits per heavy atom. The topological polar surface area (TPSA) is 29.1 Å². The summed E-state index contributed by atoms with van der Waals surface area (Å²) in [6.07, 6.45) is 9.23. The quantitative estimate of drug-likeness (QED) is 0.820. The summed E-state index contributed by atoms with van der Waals surface area (Å²) in [5, 5.41) is 4.03. The Kier molecular flexibility index (Phi) is 3.68. The summed E-state index contributed by atoms with van der Waals surface area (Å²) < 4.78 is 0. The highest BCUT2D eigenvalue weighted by atomic mass is 35.5. The highest BCUT2D eigenvalue weighted by Crippen LogP contribution is 2.34. The predicted octanol–water partition coefficient (Wildman–Crippen LogP) is 4.37. The van der Waals surface area contributed by atoms with Crippen molar-refractivity contribution in [3.63, 3.8) is 0 Å². The van der Waals surface area contributed by atoms with Gasteiger partial charge in [0.25, 0.3) is 0 Å². The van der Waals surface area contributed by atoms with E-state index in [0.717, 1.165) is 23.3 Å². The van der Waals surface area contributed by atoms with E-state index in [-0.39, 0.29) is 11.8 Å². The molecule has 1 aromatic rings. The number of piperidine rings is 1. The van der Waals surface area contributed by atoms with Gasteiger partial charge in [0.05, 0.1) is 10.0 Å². The third-order valence-electron chi connectivity index (χ3n) is 3.60. The van der Waals surface area contributed by atoms with Gasteiger partial charge in [-0.15, -0.1) is 0 Å². The first kappa shape index (κ1) is 13.5. The van der Waals surface area contributed by atoms with Crippen molar-refractivity contribution in [2.75, 3.05) is 0 Å². The van der Waals surface area contributed by atoms with E-state index in [4.69, 9.17) is 23.2 Å². The number of hydrogen-bond acceptors (Lipinski definition) is 1. The Hall–Kier alpha value is -1.51. The molecule has 2 aliphatic rings. The number of allylic oxidation sites excluding steroid dienone is 6. The van der Waals surface area contributed by atoms with Crippen LogP contribution in [0.25, 0.3) is 0 Å². The smallest absolute Gasteiger partial charge is 0.224 e. The van der Waals surface area contributed by atoms with Gasteiger partial charge in [0.1, 0.15) is 0 Å². The van der Waals surface area contributed by atoms with Gasteiger partial charge in [0, 0.05) is 12.1 Å². The number of carbonyl (C=O) groups is 1. The summed E-state index contributed by atoms with van der Waals surface area (Å²) >= 11 is 12.0. The van der Waals surface area contributed by atoms with E-state index < -0.39 is 0 Å². The molecule has 1 unspecified atom stereocenters. The van der Waals surface area contributed by atoms with E-state index in [1.165, 1.54) is 0 Å². The van der Waals surface area contributed by atoms with Gasteiger partial charge in [0.2, 0.25) is 5.91 Å². The molecule has 0 bridgehead atoms. The highest BCUT2D eigenvalue weighted by molar-refractivity contribution is 6.42. The van der Waals surface area contributed by atoms with E-state index in [0.29, 0.717) is 16.5 Å². The Bertz CT molecular complexity index is 644. The Labute approximate surface area is 127 Å². The summed E-state index contributed by atoms with van der Waals surface area (Å²) in [6, 6.07) is 5.59. The van der Waals surface area contributed by atoms with Gasteiger partial charge in [-0.25, -0.2) is 0 Å². The molecule has 20 heavy (non-hydrogen) atoms. The van der Waals surface area contributed by atoms with Crippen LogP contribution in [0.2, 0.25) is 10.0 Å². The lowest BCUT2D eigenvalue weighted by Crippen LogP contribution is -2.31. The zero-order chi connectivity index (χ0) is 14.1. The number of carbonyl (C=O) groups excluding carboxylic acids is 1. The third-order valence-corrected chi connectivity index (χ3v) is 4.34. The van der Waals surface area contributed by atoms with Crippen molar-refractivity contribution in [2.45, 2.75) is 18.8 Å². The van der Waals surface area contributed by atoms with E-state index in [9.17, 15) is 4.79 Å². The molecule has 1 heterocycles. The summed E-state index contributed by atoms with van der Waals surface area (Å²) in [5.74, 6) is 0.187. The first-order valence-electron chi connectivity index (χ1n) is 6.46. The number of benzene rings is 1. The lowest BCUT2D eigenvalue weighted by atomic mass is 9.87. The summed E-state index contributed by atoms with van der Waals surface area (Å²) in [5.41, 5.74) is 3.10. The molecule has 3 rings (SSSR count). The molecule has 1 saturated heterocycles. The van der Waals surface area contributed by atoms with E-state index in [1.54, 1.807) is 6.07 Å².